The first-order valence-electron chi connectivity index (χ1n) is 21.8. The van der Waals surface area contributed by atoms with Crippen LogP contribution in [0.3, 0.4) is 0 Å². The van der Waals surface area contributed by atoms with Gasteiger partial charge in [-0.1, -0.05) is 54.9 Å². The molecule has 4 aliphatic heterocycles. The monoisotopic (exact) mass is 882 g/mol. The predicted octanol–water partition coefficient (Wildman–Crippen LogP) is 7.35. The highest BCUT2D eigenvalue weighted by Crippen LogP contribution is 2.60. The molecule has 0 radical (unpaired) electrons. The number of rotatable bonds is 14. The number of ether oxygens (including phenoxy) is 2. The number of fused-ring (bicyclic) bond motifs is 4. The number of hydrogen-bond donors (Lipinski definition) is 3. The number of nitrogens with zero attached hydrogens (tertiary/aromatic N) is 3. The lowest BCUT2D eigenvalue weighted by molar-refractivity contribution is -0.151. The van der Waals surface area contributed by atoms with Gasteiger partial charge in [0.1, 0.15) is 5.75 Å². The normalized spacial score (nSPS) is 24.4. The highest BCUT2D eigenvalue weighted by Gasteiger charge is 2.67. The number of benzene rings is 4. The minimum absolute atomic E-state index is 0.0831. The first-order chi connectivity index (χ1) is 29.8. The number of carbonyl (C=O) groups is 3. The molecular weight excluding hydrogens is 827 g/mol. The maximum absolute atomic E-state index is 16.7. The molecule has 1 fully saturated rings. The van der Waals surface area contributed by atoms with Crippen molar-refractivity contribution in [2.24, 2.45) is 5.92 Å². The molecule has 4 heterocycles. The van der Waals surface area contributed by atoms with Crippen LogP contribution in [-0.2, 0) is 50.7 Å². The summed E-state index contributed by atoms with van der Waals surface area (Å²) in [5.41, 5.74) is 3.98. The molecule has 6 atom stereocenters. The zero-order valence-corrected chi connectivity index (χ0v) is 37.5. The molecule has 0 saturated carbocycles. The van der Waals surface area contributed by atoms with Crippen LogP contribution in [0.25, 0.3) is 0 Å². The van der Waals surface area contributed by atoms with Crippen LogP contribution in [-0.4, -0.2) is 85.8 Å². The molecule has 4 aromatic rings. The van der Waals surface area contributed by atoms with Crippen molar-refractivity contribution in [3.8, 4) is 5.75 Å². The Labute approximate surface area is 368 Å². The first kappa shape index (κ1) is 44.0. The number of carbonyl (C=O) groups excluding carboxylic acids is 3. The van der Waals surface area contributed by atoms with Crippen LogP contribution in [0.1, 0.15) is 60.9 Å². The van der Waals surface area contributed by atoms with E-state index in [0.29, 0.717) is 60.9 Å². The molecule has 3 N–H and O–H groups in total. The Balaban J connectivity index is 1.10. The van der Waals surface area contributed by atoms with E-state index in [1.54, 1.807) is 46.0 Å². The largest absolute Gasteiger partial charge is 0.494 e. The van der Waals surface area contributed by atoms with Gasteiger partial charge in [-0.3, -0.25) is 19.3 Å². The van der Waals surface area contributed by atoms with Gasteiger partial charge in [-0.15, -0.1) is 0 Å². The summed E-state index contributed by atoms with van der Waals surface area (Å²) in [7, 11) is -3.60. The maximum Gasteiger partial charge on any atom is 0.264 e. The van der Waals surface area contributed by atoms with E-state index in [-0.39, 0.29) is 43.9 Å². The van der Waals surface area contributed by atoms with Crippen LogP contribution >= 0.6 is 11.6 Å². The Kier molecular flexibility index (Phi) is 12.7. The number of unbranched alkanes of at least 4 members (excludes halogenated alkanes) is 1. The molecule has 4 aromatic carbocycles. The van der Waals surface area contributed by atoms with Gasteiger partial charge in [-0.25, -0.2) is 0 Å². The van der Waals surface area contributed by atoms with Gasteiger partial charge in [0.05, 0.1) is 55.7 Å². The zero-order chi connectivity index (χ0) is 43.9. The molecule has 3 amide bonds. The van der Waals surface area contributed by atoms with Gasteiger partial charge in [0.15, 0.2) is 5.60 Å². The Morgan fingerprint density at radius 2 is 1.74 bits per heavy atom. The second-order valence-electron chi connectivity index (χ2n) is 17.6. The molecule has 14 heteroatoms. The summed E-state index contributed by atoms with van der Waals surface area (Å²) < 4.78 is 29.5. The fraction of sp³-hybridized carbons (Fsp3) is 0.438. The van der Waals surface area contributed by atoms with Crippen molar-refractivity contribution in [3.05, 3.63) is 118 Å². The molecule has 4 aliphatic rings. The molecule has 0 bridgehead atoms. The Hall–Kier alpha value is -4.63. The number of hydrogen-bond acceptors (Lipinski definition) is 8. The van der Waals surface area contributed by atoms with Gasteiger partial charge in [-0.05, 0) is 123 Å². The summed E-state index contributed by atoms with van der Waals surface area (Å²) in [5, 5.41) is 23.5. The van der Waals surface area contributed by atoms with Crippen LogP contribution in [0.5, 0.6) is 5.75 Å². The van der Waals surface area contributed by atoms with E-state index in [1.807, 2.05) is 80.6 Å². The van der Waals surface area contributed by atoms with Crippen LogP contribution in [0.2, 0.25) is 23.7 Å². The molecule has 11 nitrogen and oxygen atoms in total. The number of amides is 3. The zero-order valence-electron chi connectivity index (χ0n) is 35.8. The number of aliphatic hydroxyl groups excluding tert-OH is 2. The third-order valence-electron chi connectivity index (χ3n) is 13.2. The van der Waals surface area contributed by atoms with Gasteiger partial charge in [0.25, 0.3) is 5.91 Å². The van der Waals surface area contributed by atoms with Crippen molar-refractivity contribution in [2.75, 3.05) is 36.2 Å². The van der Waals surface area contributed by atoms with E-state index in [9.17, 15) is 19.8 Å². The highest BCUT2D eigenvalue weighted by atomic mass is 35.5. The number of aliphatic hydroxyl groups is 2. The summed E-state index contributed by atoms with van der Waals surface area (Å²) >= 11 is 6.66. The average Bonchev–Trinajstić information content (AvgIpc) is 3.67. The summed E-state index contributed by atoms with van der Waals surface area (Å²) in [6.45, 7) is 8.39. The third kappa shape index (κ3) is 8.07. The second kappa shape index (κ2) is 17.9. The fourth-order valence-electron chi connectivity index (χ4n) is 10.4. The molecular formula is C48H56ClFN4O7Si. The van der Waals surface area contributed by atoms with Crippen molar-refractivity contribution in [3.63, 3.8) is 0 Å². The minimum Gasteiger partial charge on any atom is -0.494 e. The molecule has 1 saturated heterocycles. The highest BCUT2D eigenvalue weighted by molar-refractivity contribution is 6.72. The van der Waals surface area contributed by atoms with Gasteiger partial charge in [-0.2, -0.15) is 0 Å². The molecule has 328 valence electrons. The van der Waals surface area contributed by atoms with Crippen LogP contribution in [0.4, 0.5) is 21.2 Å². The minimum atomic E-state index is -3.60. The number of anilines is 3. The second-order valence-corrected chi connectivity index (χ2v) is 21.8. The average molecular weight is 884 g/mol. The van der Waals surface area contributed by atoms with Gasteiger partial charge in [0, 0.05) is 40.9 Å². The van der Waals surface area contributed by atoms with E-state index in [4.69, 9.17) is 21.1 Å². The Bertz CT molecular complexity index is 2340. The summed E-state index contributed by atoms with van der Waals surface area (Å²) in [5.74, 6) is -0.658. The van der Waals surface area contributed by atoms with E-state index in [2.05, 4.69) is 5.32 Å². The van der Waals surface area contributed by atoms with E-state index in [0.717, 1.165) is 40.1 Å². The topological polar surface area (TPSA) is 132 Å². The van der Waals surface area contributed by atoms with Crippen molar-refractivity contribution in [2.45, 2.75) is 101 Å². The molecule has 0 aliphatic carbocycles. The van der Waals surface area contributed by atoms with Crippen molar-refractivity contribution >= 4 is 54.8 Å². The number of nitrogens with one attached hydrogen (secondary N) is 1. The summed E-state index contributed by atoms with van der Waals surface area (Å²) in [4.78, 5) is 48.9. The van der Waals surface area contributed by atoms with Crippen LogP contribution < -0.4 is 19.9 Å². The lowest BCUT2D eigenvalue weighted by Crippen LogP contribution is -2.49. The fourth-order valence-corrected chi connectivity index (χ4v) is 13.1. The Morgan fingerprint density at radius 1 is 0.968 bits per heavy atom. The van der Waals surface area contributed by atoms with E-state index >= 15 is 8.90 Å². The predicted molar refractivity (Wildman–Crippen MR) is 240 cm³/mol. The summed E-state index contributed by atoms with van der Waals surface area (Å²) in [6, 6.07) is 25.5. The van der Waals surface area contributed by atoms with E-state index < -0.39 is 43.7 Å². The van der Waals surface area contributed by atoms with Crippen molar-refractivity contribution in [1.82, 2.24) is 10.2 Å². The number of halogens is 2. The molecule has 62 heavy (non-hydrogen) atoms. The quantitative estimate of drug-likeness (QED) is 0.0682. The SMILES string of the molecule is CCOc1ccc2c(c1)CC(NCCCCO)C(=O)N2c1cccc(CN2C(=O)[C@]3(O[C@H](CC(=O)N4Cc5ccccc5C[C@H]4CO)[C@@H]([Si](C)(C)F)[C@@H]3C)c3cc(Cl)ccc32)c1. The van der Waals surface area contributed by atoms with Gasteiger partial charge in [0.2, 0.25) is 20.2 Å². The molecule has 0 aromatic heterocycles. The lowest BCUT2D eigenvalue weighted by Gasteiger charge is -2.37. The van der Waals surface area contributed by atoms with Crippen molar-refractivity contribution < 1.29 is 38.2 Å². The van der Waals surface area contributed by atoms with Crippen molar-refractivity contribution in [1.29, 1.82) is 0 Å². The Morgan fingerprint density at radius 3 is 2.48 bits per heavy atom. The first-order valence-corrected chi connectivity index (χ1v) is 25.1. The molecule has 1 spiro atoms. The maximum atomic E-state index is 16.7. The van der Waals surface area contributed by atoms with Crippen LogP contribution in [0.15, 0.2) is 84.9 Å². The van der Waals surface area contributed by atoms with Gasteiger partial charge >= 0.3 is 0 Å². The van der Waals surface area contributed by atoms with E-state index in [1.165, 1.54) is 0 Å². The molecule has 1 unspecified atom stereocenters. The summed E-state index contributed by atoms with van der Waals surface area (Å²) in [6.07, 6.45) is 1.29. The standard InChI is InChI=1S/C48H56ClFN4O7Si/c1-5-60-38-16-18-41-34(23-38)24-40(51-19-8-9-20-55)46(58)54(41)36-14-10-11-31(21-36)27-53-42-17-15-35(49)25-39(42)48(47(53)59)30(2)45(62(3,4)50)43(61-48)26-44(57)52-28-33-13-7-6-12-32(33)22-37(52)29-56/h6-7,10-18,21,23,25,30,37,40,43,45,51,55-56H,5,8-9,19-20,22,24,26-29H2,1-4H3/t30-,37-,40?,43+,45-,48+/m0/s1. The lowest BCUT2D eigenvalue weighted by atomic mass is 9.82. The van der Waals surface area contributed by atoms with Gasteiger partial charge < -0.3 is 38.9 Å². The smallest absolute Gasteiger partial charge is 0.264 e. The molecule has 8 rings (SSSR count). The van der Waals surface area contributed by atoms with Crippen LogP contribution in [0, 0.1) is 5.92 Å². The third-order valence-corrected chi connectivity index (χ3v) is 15.9.